The molecule has 0 aromatic heterocycles. The molecule has 9 heteroatoms. The van der Waals surface area contributed by atoms with Gasteiger partial charge >= 0.3 is 0 Å². The summed E-state index contributed by atoms with van der Waals surface area (Å²) in [5, 5.41) is 15.2. The summed E-state index contributed by atoms with van der Waals surface area (Å²) in [4.78, 5) is 1.14. The van der Waals surface area contributed by atoms with Gasteiger partial charge in [-0.2, -0.15) is 0 Å². The van der Waals surface area contributed by atoms with Crippen LogP contribution in [0.15, 0.2) is 102 Å². The summed E-state index contributed by atoms with van der Waals surface area (Å²) in [6.45, 7) is 16.5. The van der Waals surface area contributed by atoms with E-state index in [0.29, 0.717) is 6.61 Å². The Hall–Kier alpha value is -2.05. The normalized spacial score (nSPS) is 33.1. The first kappa shape index (κ1) is 37.2. The number of aliphatic hydroxyl groups is 1. The summed E-state index contributed by atoms with van der Waals surface area (Å²) in [6, 6.07) is 21.2. The van der Waals surface area contributed by atoms with E-state index in [1.165, 1.54) is 0 Å². The molecule has 3 aliphatic rings. The van der Waals surface area contributed by atoms with E-state index >= 15 is 0 Å². The van der Waals surface area contributed by atoms with Crippen molar-refractivity contribution in [3.63, 3.8) is 0 Å². The third-order valence-electron chi connectivity index (χ3n) is 10.6. The Morgan fingerprint density at radius 3 is 2.38 bits per heavy atom. The van der Waals surface area contributed by atoms with E-state index in [-0.39, 0.29) is 31.5 Å². The molecule has 1 saturated heterocycles. The van der Waals surface area contributed by atoms with E-state index in [2.05, 4.69) is 63.7 Å². The Morgan fingerprint density at radius 1 is 1.00 bits per heavy atom. The first-order chi connectivity index (χ1) is 22.9. The van der Waals surface area contributed by atoms with Crippen LogP contribution in [-0.2, 0) is 28.4 Å². The largest absolute Gasteiger partial charge is 0.382 e. The van der Waals surface area contributed by atoms with Gasteiger partial charge < -0.3 is 33.5 Å². The average Bonchev–Trinajstić information content (AvgIpc) is 3.40. The molecule has 2 saturated carbocycles. The molecule has 2 aliphatic carbocycles. The highest BCUT2D eigenvalue weighted by atomic mass is 32.2. The molecular formula is C39H54O7SSi. The van der Waals surface area contributed by atoms with E-state index in [4.69, 9.17) is 28.4 Å². The number of methoxy groups -OCH3 is 1. The van der Waals surface area contributed by atoms with Crippen molar-refractivity contribution in [3.8, 4) is 0 Å². The van der Waals surface area contributed by atoms with E-state index in [1.807, 2.05) is 60.7 Å². The number of fused-ring (bicyclic) bond motifs is 2. The van der Waals surface area contributed by atoms with E-state index in [0.717, 1.165) is 29.3 Å². The average molecular weight is 695 g/mol. The summed E-state index contributed by atoms with van der Waals surface area (Å²) in [5.74, 6) is 0.104. The van der Waals surface area contributed by atoms with E-state index < -0.39 is 43.2 Å². The molecular weight excluding hydrogens is 641 g/mol. The van der Waals surface area contributed by atoms with E-state index in [1.54, 1.807) is 24.9 Å². The lowest BCUT2D eigenvalue weighted by molar-refractivity contribution is -0.292. The maximum absolute atomic E-state index is 13.1. The Morgan fingerprint density at radius 2 is 1.71 bits per heavy atom. The van der Waals surface area contributed by atoms with Crippen molar-refractivity contribution >= 4 is 19.8 Å². The summed E-state index contributed by atoms with van der Waals surface area (Å²) < 4.78 is 37.2. The second-order valence-corrected chi connectivity index (χ2v) is 21.6. The van der Waals surface area contributed by atoms with Crippen molar-refractivity contribution in [2.75, 3.05) is 33.9 Å². The number of rotatable bonds is 16. The first-order valence-corrected chi connectivity index (χ1v) is 21.6. The van der Waals surface area contributed by atoms with Gasteiger partial charge in [-0.1, -0.05) is 112 Å². The smallest absolute Gasteiger partial charge is 0.184 e. The fourth-order valence-corrected chi connectivity index (χ4v) is 9.31. The van der Waals surface area contributed by atoms with Crippen molar-refractivity contribution in [3.05, 3.63) is 103 Å². The molecule has 0 radical (unpaired) electrons. The lowest BCUT2D eigenvalue weighted by atomic mass is 9.62. The van der Waals surface area contributed by atoms with Crippen LogP contribution in [-0.4, -0.2) is 70.5 Å². The molecule has 3 fully saturated rings. The predicted molar refractivity (Wildman–Crippen MR) is 194 cm³/mol. The molecule has 2 aromatic carbocycles. The highest BCUT2D eigenvalue weighted by Gasteiger charge is 2.74. The van der Waals surface area contributed by atoms with Gasteiger partial charge in [0.25, 0.3) is 0 Å². The van der Waals surface area contributed by atoms with Crippen molar-refractivity contribution < 1.29 is 33.5 Å². The third kappa shape index (κ3) is 7.50. The van der Waals surface area contributed by atoms with Gasteiger partial charge in [-0.05, 0) is 53.8 Å². The first-order valence-electron chi connectivity index (χ1n) is 17.0. The molecule has 7 nitrogen and oxygen atoms in total. The van der Waals surface area contributed by atoms with Gasteiger partial charge in [-0.15, -0.1) is 6.58 Å². The van der Waals surface area contributed by atoms with Gasteiger partial charge in [0.05, 0.1) is 12.7 Å². The van der Waals surface area contributed by atoms with Crippen LogP contribution in [0.5, 0.6) is 0 Å². The molecule has 2 bridgehead atoms. The molecule has 2 aromatic rings. The molecule has 0 spiro atoms. The SMILES string of the molecule is C=C[C@H]1O[C@@H](c2ccccc2)OC[C@]1(/C=C\C1(O)C(OCOC)C2CCC1(/C=C\Sc1ccccc1)C2(C)C)OCOCC[Si](C)(C)C. The number of hydrogen-bond donors (Lipinski definition) is 1. The topological polar surface area (TPSA) is 75.6 Å². The maximum atomic E-state index is 13.1. The lowest BCUT2D eigenvalue weighted by Crippen LogP contribution is -2.56. The zero-order valence-electron chi connectivity index (χ0n) is 29.4. The van der Waals surface area contributed by atoms with Gasteiger partial charge in [0.2, 0.25) is 0 Å². The second-order valence-electron chi connectivity index (χ2n) is 15.0. The highest BCUT2D eigenvalue weighted by Crippen LogP contribution is 2.71. The summed E-state index contributed by atoms with van der Waals surface area (Å²) >= 11 is 1.65. The van der Waals surface area contributed by atoms with Crippen LogP contribution in [0.4, 0.5) is 0 Å². The van der Waals surface area contributed by atoms with Crippen molar-refractivity contribution in [1.82, 2.24) is 0 Å². The van der Waals surface area contributed by atoms with Gasteiger partial charge in [-0.25, -0.2) is 0 Å². The zero-order valence-corrected chi connectivity index (χ0v) is 31.2. The van der Waals surface area contributed by atoms with Gasteiger partial charge in [0.15, 0.2) is 6.29 Å². The summed E-state index contributed by atoms with van der Waals surface area (Å²) in [5.41, 5.74) is -2.48. The molecule has 1 aliphatic heterocycles. The van der Waals surface area contributed by atoms with Crippen LogP contribution in [0.2, 0.25) is 25.7 Å². The van der Waals surface area contributed by atoms with Gasteiger partial charge in [-0.3, -0.25) is 0 Å². The number of thioether (sulfide) groups is 1. The van der Waals surface area contributed by atoms with Crippen molar-refractivity contribution in [1.29, 1.82) is 0 Å². The summed E-state index contributed by atoms with van der Waals surface area (Å²) in [6.07, 6.45) is 7.85. The molecule has 262 valence electrons. The minimum absolute atomic E-state index is 0.0524. The number of hydrogen-bond acceptors (Lipinski definition) is 8. The maximum Gasteiger partial charge on any atom is 0.184 e. The van der Waals surface area contributed by atoms with Crippen LogP contribution in [0.25, 0.3) is 0 Å². The van der Waals surface area contributed by atoms with Crippen LogP contribution in [0, 0.1) is 16.7 Å². The van der Waals surface area contributed by atoms with E-state index in [9.17, 15) is 5.11 Å². The quantitative estimate of drug-likeness (QED) is 0.0618. The molecule has 7 atom stereocenters. The summed E-state index contributed by atoms with van der Waals surface area (Å²) in [7, 11) is 0.327. The third-order valence-corrected chi connectivity index (χ3v) is 13.2. The fourth-order valence-electron chi connectivity index (χ4n) is 7.78. The molecule has 1 N–H and O–H groups in total. The van der Waals surface area contributed by atoms with Crippen LogP contribution in [0.1, 0.15) is 38.5 Å². The minimum Gasteiger partial charge on any atom is -0.382 e. The molecule has 0 amide bonds. The van der Waals surface area contributed by atoms with Crippen molar-refractivity contribution in [2.24, 2.45) is 16.7 Å². The Labute approximate surface area is 292 Å². The molecule has 5 rings (SSSR count). The number of benzene rings is 2. The highest BCUT2D eigenvalue weighted by molar-refractivity contribution is 8.02. The zero-order chi connectivity index (χ0) is 34.5. The second kappa shape index (κ2) is 15.5. The minimum atomic E-state index is -1.39. The van der Waals surface area contributed by atoms with Crippen LogP contribution < -0.4 is 0 Å². The monoisotopic (exact) mass is 694 g/mol. The molecule has 1 heterocycles. The Bertz CT molecular complexity index is 1400. The van der Waals surface area contributed by atoms with Crippen LogP contribution in [0.3, 0.4) is 0 Å². The van der Waals surface area contributed by atoms with Crippen LogP contribution >= 0.6 is 11.8 Å². The Balaban J connectivity index is 1.50. The van der Waals surface area contributed by atoms with Gasteiger partial charge in [0.1, 0.15) is 30.9 Å². The fraction of sp³-hybridized carbons (Fsp3) is 0.538. The van der Waals surface area contributed by atoms with Gasteiger partial charge in [0, 0.05) is 37.7 Å². The Kier molecular flexibility index (Phi) is 12.0. The van der Waals surface area contributed by atoms with Crippen molar-refractivity contribution in [2.45, 2.75) is 87.0 Å². The molecule has 48 heavy (non-hydrogen) atoms. The number of ether oxygens (including phenoxy) is 6. The standard InChI is InChI=1S/C39H54O7SSi/c1-8-33-37(45-29-42-24-26-48(5,6)7,27-43-35(46-33)30-15-11-9-12-16-30)21-22-39(40)34(44-28-41-4)32-19-20-38(39,36(32,2)3)23-25-47-31-17-13-10-14-18-31/h8-18,21-23,25,32-35,40H,1,19-20,24,26-29H2,2-7H3/b22-21-,25-23-/t32?,33-,34?,35+,37+,38?,39?/m1/s1. The molecule has 4 unspecified atom stereocenters. The lowest BCUT2D eigenvalue weighted by Gasteiger charge is -2.48. The predicted octanol–water partition coefficient (Wildman–Crippen LogP) is 8.37.